The van der Waals surface area contributed by atoms with Crippen molar-refractivity contribution in [1.82, 2.24) is 9.78 Å². The van der Waals surface area contributed by atoms with E-state index in [0.29, 0.717) is 17.3 Å². The number of carbonyl (C=O) groups is 1. The predicted octanol–water partition coefficient (Wildman–Crippen LogP) is 1.46. The average Bonchev–Trinajstić information content (AvgIpc) is 3.08. The molecule has 0 fully saturated rings. The topological polar surface area (TPSA) is 91.4 Å². The third-order valence-corrected chi connectivity index (χ3v) is 3.52. The van der Waals surface area contributed by atoms with Crippen LogP contribution >= 0.6 is 0 Å². The normalized spacial score (nSPS) is 12.7. The van der Waals surface area contributed by atoms with Crippen LogP contribution in [-0.2, 0) is 6.42 Å². The van der Waals surface area contributed by atoms with Gasteiger partial charge in [-0.15, -0.1) is 0 Å². The SMILES string of the molecule is COc1ccc(-c2nn(C(N)=O)c3c2CCN3)cc1OC. The minimum Gasteiger partial charge on any atom is -0.493 e. The molecule has 0 atom stereocenters. The zero-order valence-electron chi connectivity index (χ0n) is 11.8. The van der Waals surface area contributed by atoms with Gasteiger partial charge in [0.1, 0.15) is 5.82 Å². The van der Waals surface area contributed by atoms with Crippen molar-refractivity contribution in [3.63, 3.8) is 0 Å². The van der Waals surface area contributed by atoms with Gasteiger partial charge in [0.25, 0.3) is 0 Å². The van der Waals surface area contributed by atoms with Gasteiger partial charge in [-0.25, -0.2) is 4.79 Å². The Morgan fingerprint density at radius 3 is 2.76 bits per heavy atom. The van der Waals surface area contributed by atoms with E-state index in [9.17, 15) is 4.79 Å². The first-order valence-corrected chi connectivity index (χ1v) is 6.53. The molecule has 0 saturated heterocycles. The number of anilines is 1. The van der Waals surface area contributed by atoms with Gasteiger partial charge in [-0.2, -0.15) is 9.78 Å². The van der Waals surface area contributed by atoms with E-state index in [-0.39, 0.29) is 0 Å². The highest BCUT2D eigenvalue weighted by Gasteiger charge is 2.25. The molecule has 2 aromatic rings. The number of fused-ring (bicyclic) bond motifs is 1. The number of amides is 1. The third kappa shape index (κ3) is 2.06. The van der Waals surface area contributed by atoms with Crippen LogP contribution in [0.1, 0.15) is 5.56 Å². The van der Waals surface area contributed by atoms with Crippen LogP contribution in [0.5, 0.6) is 11.5 Å². The summed E-state index contributed by atoms with van der Waals surface area (Å²) in [6.45, 7) is 0.765. The Morgan fingerprint density at radius 2 is 2.10 bits per heavy atom. The van der Waals surface area contributed by atoms with Crippen molar-refractivity contribution in [2.24, 2.45) is 5.73 Å². The average molecular weight is 288 g/mol. The fourth-order valence-corrected chi connectivity index (χ4v) is 2.55. The Balaban J connectivity index is 2.13. The number of primary amides is 1. The van der Waals surface area contributed by atoms with Gasteiger partial charge >= 0.3 is 6.03 Å². The summed E-state index contributed by atoms with van der Waals surface area (Å²) in [5.41, 5.74) is 7.93. The summed E-state index contributed by atoms with van der Waals surface area (Å²) in [6, 6.07) is 4.93. The van der Waals surface area contributed by atoms with E-state index in [4.69, 9.17) is 15.2 Å². The largest absolute Gasteiger partial charge is 0.493 e. The first-order valence-electron chi connectivity index (χ1n) is 6.53. The molecule has 7 heteroatoms. The van der Waals surface area contributed by atoms with Crippen molar-refractivity contribution in [2.45, 2.75) is 6.42 Å². The number of methoxy groups -OCH3 is 2. The van der Waals surface area contributed by atoms with Gasteiger partial charge in [-0.1, -0.05) is 0 Å². The molecule has 0 saturated carbocycles. The molecule has 3 rings (SSSR count). The summed E-state index contributed by atoms with van der Waals surface area (Å²) in [6.07, 6.45) is 0.798. The Morgan fingerprint density at radius 1 is 1.33 bits per heavy atom. The molecule has 2 heterocycles. The number of benzene rings is 1. The van der Waals surface area contributed by atoms with E-state index in [2.05, 4.69) is 10.4 Å². The number of aromatic nitrogens is 2. The van der Waals surface area contributed by atoms with E-state index < -0.39 is 6.03 Å². The number of carbonyl (C=O) groups excluding carboxylic acids is 1. The van der Waals surface area contributed by atoms with Gasteiger partial charge < -0.3 is 20.5 Å². The summed E-state index contributed by atoms with van der Waals surface area (Å²) < 4.78 is 11.7. The molecule has 0 unspecified atom stereocenters. The van der Waals surface area contributed by atoms with Gasteiger partial charge in [0, 0.05) is 17.7 Å². The van der Waals surface area contributed by atoms with Crippen LogP contribution < -0.4 is 20.5 Å². The van der Waals surface area contributed by atoms with E-state index in [0.717, 1.165) is 29.8 Å². The molecule has 1 aromatic carbocycles. The van der Waals surface area contributed by atoms with Crippen molar-refractivity contribution >= 4 is 11.8 Å². The lowest BCUT2D eigenvalue weighted by Gasteiger charge is -2.09. The van der Waals surface area contributed by atoms with E-state index in [1.165, 1.54) is 4.68 Å². The molecule has 1 aromatic heterocycles. The smallest absolute Gasteiger partial charge is 0.341 e. The summed E-state index contributed by atoms with van der Waals surface area (Å²) in [5, 5.41) is 7.45. The maximum absolute atomic E-state index is 11.5. The lowest BCUT2D eigenvalue weighted by molar-refractivity contribution is 0.248. The number of ether oxygens (including phenoxy) is 2. The molecular weight excluding hydrogens is 272 g/mol. The molecule has 7 nitrogen and oxygen atoms in total. The molecule has 3 N–H and O–H groups in total. The van der Waals surface area contributed by atoms with Crippen molar-refractivity contribution in [2.75, 3.05) is 26.1 Å². The van der Waals surface area contributed by atoms with E-state index >= 15 is 0 Å². The molecule has 1 aliphatic rings. The van der Waals surface area contributed by atoms with Crippen LogP contribution in [0.25, 0.3) is 11.3 Å². The number of hydrogen-bond donors (Lipinski definition) is 2. The number of nitrogens with zero attached hydrogens (tertiary/aromatic N) is 2. The van der Waals surface area contributed by atoms with Crippen LogP contribution in [0.15, 0.2) is 18.2 Å². The molecule has 0 spiro atoms. The second-order valence-electron chi connectivity index (χ2n) is 4.67. The highest BCUT2D eigenvalue weighted by Crippen LogP contribution is 2.36. The zero-order chi connectivity index (χ0) is 15.0. The summed E-state index contributed by atoms with van der Waals surface area (Å²) in [4.78, 5) is 11.5. The summed E-state index contributed by atoms with van der Waals surface area (Å²) in [7, 11) is 3.16. The molecule has 1 aliphatic heterocycles. The van der Waals surface area contributed by atoms with Gasteiger partial charge in [0.2, 0.25) is 0 Å². The number of nitrogens with one attached hydrogen (secondary N) is 1. The zero-order valence-corrected chi connectivity index (χ0v) is 11.8. The highest BCUT2D eigenvalue weighted by molar-refractivity contribution is 5.83. The predicted molar refractivity (Wildman–Crippen MR) is 77.9 cm³/mol. The van der Waals surface area contributed by atoms with Crippen molar-refractivity contribution in [1.29, 1.82) is 0 Å². The van der Waals surface area contributed by atoms with Gasteiger partial charge in [0.15, 0.2) is 11.5 Å². The monoisotopic (exact) mass is 288 g/mol. The quantitative estimate of drug-likeness (QED) is 0.892. The lowest BCUT2D eigenvalue weighted by Crippen LogP contribution is -2.22. The Labute approximate surface area is 121 Å². The van der Waals surface area contributed by atoms with Crippen molar-refractivity contribution in [3.05, 3.63) is 23.8 Å². The second-order valence-corrected chi connectivity index (χ2v) is 4.67. The number of nitrogens with two attached hydrogens (primary N) is 1. The molecule has 0 radical (unpaired) electrons. The van der Waals surface area contributed by atoms with Crippen molar-refractivity contribution in [3.8, 4) is 22.8 Å². The summed E-state index contributed by atoms with van der Waals surface area (Å²) in [5.74, 6) is 1.93. The summed E-state index contributed by atoms with van der Waals surface area (Å²) >= 11 is 0. The number of rotatable bonds is 3. The Kier molecular flexibility index (Phi) is 3.17. The van der Waals surface area contributed by atoms with Gasteiger partial charge in [0.05, 0.1) is 19.9 Å². The van der Waals surface area contributed by atoms with E-state index in [1.54, 1.807) is 14.2 Å². The first-order chi connectivity index (χ1) is 10.2. The fraction of sp³-hybridized carbons (Fsp3) is 0.286. The minimum atomic E-state index is -0.604. The molecule has 0 bridgehead atoms. The van der Waals surface area contributed by atoms with Gasteiger partial charge in [-0.05, 0) is 24.6 Å². The van der Waals surface area contributed by atoms with E-state index in [1.807, 2.05) is 18.2 Å². The number of hydrogen-bond acceptors (Lipinski definition) is 5. The lowest BCUT2D eigenvalue weighted by atomic mass is 10.1. The van der Waals surface area contributed by atoms with Crippen LogP contribution in [0, 0.1) is 0 Å². The Hall–Kier alpha value is -2.70. The molecule has 0 aliphatic carbocycles. The maximum Gasteiger partial charge on any atom is 0.341 e. The van der Waals surface area contributed by atoms with Crippen LogP contribution in [0.4, 0.5) is 10.6 Å². The molecular formula is C14H16N4O3. The minimum absolute atomic E-state index is 0.604. The van der Waals surface area contributed by atoms with Crippen LogP contribution in [-0.4, -0.2) is 36.6 Å². The standard InChI is InChI=1S/C14H16N4O3/c1-20-10-4-3-8(7-11(10)21-2)12-9-5-6-16-13(9)18(17-12)14(15)19/h3-4,7,16H,5-6H2,1-2H3,(H2,15,19). The fourth-order valence-electron chi connectivity index (χ4n) is 2.55. The highest BCUT2D eigenvalue weighted by atomic mass is 16.5. The second kappa shape index (κ2) is 5.01. The van der Waals surface area contributed by atoms with Crippen molar-refractivity contribution < 1.29 is 14.3 Å². The molecule has 110 valence electrons. The Bertz CT molecular complexity index is 708. The molecule has 1 amide bonds. The van der Waals surface area contributed by atoms with Crippen LogP contribution in [0.2, 0.25) is 0 Å². The first kappa shape index (κ1) is 13.3. The third-order valence-electron chi connectivity index (χ3n) is 3.52. The maximum atomic E-state index is 11.5. The van der Waals surface area contributed by atoms with Gasteiger partial charge in [-0.3, -0.25) is 0 Å². The molecule has 21 heavy (non-hydrogen) atoms. The van der Waals surface area contributed by atoms with Crippen LogP contribution in [0.3, 0.4) is 0 Å².